The lowest BCUT2D eigenvalue weighted by Crippen LogP contribution is -2.55. The van der Waals surface area contributed by atoms with Gasteiger partial charge in [0.2, 0.25) is 11.8 Å². The third-order valence-electron chi connectivity index (χ3n) is 3.60. The fourth-order valence-corrected chi connectivity index (χ4v) is 2.39. The molecular formula is C17H30N2O4. The Morgan fingerprint density at radius 3 is 2.17 bits per heavy atom. The maximum atomic E-state index is 12.3. The van der Waals surface area contributed by atoms with Gasteiger partial charge in [0.1, 0.15) is 12.1 Å². The predicted octanol–water partition coefficient (Wildman–Crippen LogP) is 1.88. The minimum Gasteiger partial charge on any atom is -0.459 e. The van der Waals surface area contributed by atoms with Crippen LogP contribution < -0.4 is 5.73 Å². The van der Waals surface area contributed by atoms with Crippen LogP contribution in [0.3, 0.4) is 0 Å². The smallest absolute Gasteiger partial charge is 0.303 e. The molecule has 0 aliphatic heterocycles. The van der Waals surface area contributed by atoms with Crippen molar-refractivity contribution in [2.45, 2.75) is 59.6 Å². The Balaban J connectivity index is 5.46. The largest absolute Gasteiger partial charge is 0.459 e. The first-order valence-corrected chi connectivity index (χ1v) is 7.95. The van der Waals surface area contributed by atoms with E-state index in [2.05, 4.69) is 0 Å². The van der Waals surface area contributed by atoms with Crippen molar-refractivity contribution in [2.75, 3.05) is 7.05 Å². The summed E-state index contributed by atoms with van der Waals surface area (Å²) in [6.45, 7) is 8.87. The molecule has 0 aliphatic carbocycles. The minimum absolute atomic E-state index is 0.151. The van der Waals surface area contributed by atoms with Crippen LogP contribution in [0, 0.1) is 11.8 Å². The molecule has 0 saturated carbocycles. The Morgan fingerprint density at radius 1 is 1.22 bits per heavy atom. The molecule has 1 unspecified atom stereocenters. The molecule has 0 aliphatic rings. The van der Waals surface area contributed by atoms with Gasteiger partial charge in [-0.25, -0.2) is 0 Å². The molecule has 6 heteroatoms. The molecule has 0 fully saturated rings. The highest BCUT2D eigenvalue weighted by atomic mass is 16.5. The van der Waals surface area contributed by atoms with Gasteiger partial charge >= 0.3 is 5.97 Å². The first kappa shape index (κ1) is 21.1. The molecule has 0 bridgehead atoms. The number of rotatable bonds is 9. The summed E-state index contributed by atoms with van der Waals surface area (Å²) in [4.78, 5) is 37.0. The molecule has 0 aromatic carbocycles. The highest BCUT2D eigenvalue weighted by Crippen LogP contribution is 2.21. The van der Waals surface area contributed by atoms with Crippen LogP contribution in [0.1, 0.15) is 47.5 Å². The summed E-state index contributed by atoms with van der Waals surface area (Å²) in [5.74, 6) is -1.37. The summed E-state index contributed by atoms with van der Waals surface area (Å²) in [5, 5.41) is 0. The van der Waals surface area contributed by atoms with Gasteiger partial charge in [0.15, 0.2) is 0 Å². The molecule has 132 valence electrons. The molecule has 2 N–H and O–H groups in total. The molecule has 2 amide bonds. The van der Waals surface area contributed by atoms with E-state index < -0.39 is 24.0 Å². The van der Waals surface area contributed by atoms with Crippen LogP contribution in [0.2, 0.25) is 0 Å². The maximum absolute atomic E-state index is 12.3. The second-order valence-corrected chi connectivity index (χ2v) is 6.31. The minimum atomic E-state index is -0.981. The normalized spacial score (nSPS) is 15.3. The van der Waals surface area contributed by atoms with E-state index in [1.54, 1.807) is 0 Å². The molecule has 3 atom stereocenters. The number of carbonyl (C=O) groups is 3. The average molecular weight is 326 g/mol. The van der Waals surface area contributed by atoms with E-state index in [0.717, 1.165) is 0 Å². The molecular weight excluding hydrogens is 296 g/mol. The number of ether oxygens (including phenoxy) is 1. The zero-order valence-electron chi connectivity index (χ0n) is 15.0. The van der Waals surface area contributed by atoms with Crippen LogP contribution in [-0.2, 0) is 19.1 Å². The number of likely N-dealkylation sites (N-methyl/N-ethyl adjacent to an activating group) is 1. The summed E-state index contributed by atoms with van der Waals surface area (Å²) < 4.78 is 5.34. The van der Waals surface area contributed by atoms with Crippen molar-refractivity contribution < 1.29 is 19.1 Å². The maximum Gasteiger partial charge on any atom is 0.303 e. The van der Waals surface area contributed by atoms with Crippen LogP contribution >= 0.6 is 0 Å². The Morgan fingerprint density at radius 2 is 1.78 bits per heavy atom. The van der Waals surface area contributed by atoms with Gasteiger partial charge in [-0.05, 0) is 25.2 Å². The first-order valence-electron chi connectivity index (χ1n) is 7.95. The van der Waals surface area contributed by atoms with Gasteiger partial charge in [-0.1, -0.05) is 32.9 Å². The summed E-state index contributed by atoms with van der Waals surface area (Å²) in [6.07, 6.45) is 3.95. The van der Waals surface area contributed by atoms with Gasteiger partial charge < -0.3 is 15.4 Å². The van der Waals surface area contributed by atoms with E-state index in [-0.39, 0.29) is 17.7 Å². The van der Waals surface area contributed by atoms with E-state index in [4.69, 9.17) is 10.5 Å². The lowest BCUT2D eigenvalue weighted by atomic mass is 9.92. The second kappa shape index (κ2) is 10.0. The van der Waals surface area contributed by atoms with Crippen LogP contribution in [0.4, 0.5) is 0 Å². The van der Waals surface area contributed by atoms with Gasteiger partial charge in [0, 0.05) is 20.4 Å². The number of primary amides is 1. The molecule has 0 saturated heterocycles. The highest BCUT2D eigenvalue weighted by molar-refractivity contribution is 5.87. The summed E-state index contributed by atoms with van der Waals surface area (Å²) in [7, 11) is 1.53. The molecule has 0 spiro atoms. The first-order chi connectivity index (χ1) is 10.6. The van der Waals surface area contributed by atoms with Crippen LogP contribution in [-0.4, -0.2) is 41.9 Å². The molecule has 0 rings (SSSR count). The quantitative estimate of drug-likeness (QED) is 0.517. The molecule has 0 heterocycles. The zero-order valence-corrected chi connectivity index (χ0v) is 15.0. The van der Waals surface area contributed by atoms with E-state index in [9.17, 15) is 14.4 Å². The van der Waals surface area contributed by atoms with Gasteiger partial charge in [-0.15, -0.1) is 0 Å². The van der Waals surface area contributed by atoms with Crippen molar-refractivity contribution in [3.05, 3.63) is 12.2 Å². The predicted molar refractivity (Wildman–Crippen MR) is 89.4 cm³/mol. The third kappa shape index (κ3) is 7.30. The van der Waals surface area contributed by atoms with E-state index >= 15 is 0 Å². The molecule has 0 aromatic heterocycles. The van der Waals surface area contributed by atoms with Crippen molar-refractivity contribution in [3.8, 4) is 0 Å². The summed E-state index contributed by atoms with van der Waals surface area (Å²) in [6, 6.07) is -0.981. The van der Waals surface area contributed by atoms with Crippen molar-refractivity contribution in [1.29, 1.82) is 0 Å². The fraction of sp³-hybridized carbons (Fsp3) is 0.706. The lowest BCUT2D eigenvalue weighted by molar-refractivity contribution is -0.159. The molecule has 23 heavy (non-hydrogen) atoms. The van der Waals surface area contributed by atoms with Gasteiger partial charge in [0.25, 0.3) is 0 Å². The number of nitrogens with zero attached hydrogens (tertiary/aromatic N) is 1. The zero-order chi connectivity index (χ0) is 18.2. The lowest BCUT2D eigenvalue weighted by Gasteiger charge is -2.35. The van der Waals surface area contributed by atoms with E-state index in [1.807, 2.05) is 39.8 Å². The number of nitrogens with two attached hydrogens (primary N) is 1. The van der Waals surface area contributed by atoms with E-state index in [0.29, 0.717) is 12.8 Å². The van der Waals surface area contributed by atoms with Crippen molar-refractivity contribution >= 4 is 17.8 Å². The highest BCUT2D eigenvalue weighted by Gasteiger charge is 2.38. The number of hydrogen-bond acceptors (Lipinski definition) is 4. The Labute approximate surface area is 139 Å². The number of carbonyl (C=O) groups excluding carboxylic acids is 3. The fourth-order valence-electron chi connectivity index (χ4n) is 2.39. The molecule has 6 nitrogen and oxygen atoms in total. The Bertz CT molecular complexity index is 446. The molecule has 0 radical (unpaired) electrons. The Hall–Kier alpha value is -1.85. The third-order valence-corrected chi connectivity index (χ3v) is 3.60. The van der Waals surface area contributed by atoms with Crippen molar-refractivity contribution in [3.63, 3.8) is 0 Å². The van der Waals surface area contributed by atoms with Gasteiger partial charge in [-0.3, -0.25) is 14.4 Å². The summed E-state index contributed by atoms with van der Waals surface area (Å²) in [5.41, 5.74) is 5.51. The van der Waals surface area contributed by atoms with Gasteiger partial charge in [0.05, 0.1) is 0 Å². The summed E-state index contributed by atoms with van der Waals surface area (Å²) >= 11 is 0. The van der Waals surface area contributed by atoms with Gasteiger partial charge in [-0.2, -0.15) is 0 Å². The van der Waals surface area contributed by atoms with E-state index in [1.165, 1.54) is 18.9 Å². The number of allylic oxidation sites excluding steroid dienone is 2. The Kier molecular flexibility index (Phi) is 9.22. The monoisotopic (exact) mass is 326 g/mol. The standard InChI is InChI=1S/C17H30N2O4/c1-7-8-9-12(4)16(23-13(5)20)15(17(18)22)19(6)14(21)10-11(2)3/h7-8,11-12,15-16H,9-10H2,1-6H3,(H2,18,22)/b8-7+/t12-,15?,16-/m1/s1. The van der Waals surface area contributed by atoms with Crippen molar-refractivity contribution in [1.82, 2.24) is 4.90 Å². The second-order valence-electron chi connectivity index (χ2n) is 6.31. The van der Waals surface area contributed by atoms with Crippen LogP contribution in [0.25, 0.3) is 0 Å². The van der Waals surface area contributed by atoms with Crippen LogP contribution in [0.5, 0.6) is 0 Å². The topological polar surface area (TPSA) is 89.7 Å². The van der Waals surface area contributed by atoms with Crippen molar-refractivity contribution in [2.24, 2.45) is 17.6 Å². The SMILES string of the molecule is C/C=C/C[C@@H](C)[C@@H](OC(C)=O)C(C(N)=O)N(C)C(=O)CC(C)C. The average Bonchev–Trinajstić information content (AvgIpc) is 2.42. The number of hydrogen-bond donors (Lipinski definition) is 1. The molecule has 0 aromatic rings. The number of esters is 1. The number of amides is 2. The van der Waals surface area contributed by atoms with Crippen LogP contribution in [0.15, 0.2) is 12.2 Å².